The lowest BCUT2D eigenvalue weighted by Crippen LogP contribution is -2.20. The van der Waals surface area contributed by atoms with E-state index in [1.807, 2.05) is 25.2 Å². The Hall–Kier alpha value is -1.84. The van der Waals surface area contributed by atoms with Crippen LogP contribution >= 0.6 is 0 Å². The Morgan fingerprint density at radius 3 is 2.76 bits per heavy atom. The minimum Gasteiger partial charge on any atom is -0.367 e. The highest BCUT2D eigenvalue weighted by molar-refractivity contribution is 5.90. The van der Waals surface area contributed by atoms with Crippen LogP contribution in [0, 0.1) is 5.92 Å². The van der Waals surface area contributed by atoms with Crippen LogP contribution in [0.1, 0.15) is 39.0 Å². The molecule has 1 aliphatic rings. The minimum atomic E-state index is 0.526. The Morgan fingerprint density at radius 1 is 1.05 bits per heavy atom. The molecule has 1 fully saturated rings. The zero-order chi connectivity index (χ0) is 14.7. The molecule has 0 radical (unpaired) electrons. The van der Waals surface area contributed by atoms with Crippen LogP contribution in [0.15, 0.2) is 24.3 Å². The summed E-state index contributed by atoms with van der Waals surface area (Å²) < 4.78 is 0. The first-order valence-corrected chi connectivity index (χ1v) is 7.97. The maximum absolute atomic E-state index is 4.63. The Labute approximate surface area is 126 Å². The standard InChI is InChI=1S/C17H24N4/c1-12-6-5-7-13(11-10-12)19-16-14-8-3-4-9-15(14)20-17(18-2)21-16/h3-4,8-9,12-13H,5-7,10-11H2,1-2H3,(H2,18,19,20,21). The molecule has 1 aromatic carbocycles. The van der Waals surface area contributed by atoms with Gasteiger partial charge in [-0.05, 0) is 37.3 Å². The maximum Gasteiger partial charge on any atom is 0.224 e. The molecule has 4 nitrogen and oxygen atoms in total. The Balaban J connectivity index is 1.88. The Bertz CT molecular complexity index is 611. The summed E-state index contributed by atoms with van der Waals surface area (Å²) in [5.74, 6) is 2.49. The van der Waals surface area contributed by atoms with E-state index >= 15 is 0 Å². The van der Waals surface area contributed by atoms with Gasteiger partial charge in [-0.2, -0.15) is 4.98 Å². The summed E-state index contributed by atoms with van der Waals surface area (Å²) >= 11 is 0. The number of para-hydroxylation sites is 1. The van der Waals surface area contributed by atoms with Crippen LogP contribution in [0.4, 0.5) is 11.8 Å². The zero-order valence-corrected chi connectivity index (χ0v) is 12.9. The molecule has 0 aliphatic heterocycles. The zero-order valence-electron chi connectivity index (χ0n) is 12.9. The fourth-order valence-electron chi connectivity index (χ4n) is 3.12. The summed E-state index contributed by atoms with van der Waals surface area (Å²) in [5.41, 5.74) is 0.987. The van der Waals surface area contributed by atoms with E-state index in [9.17, 15) is 0 Å². The number of hydrogen-bond donors (Lipinski definition) is 2. The molecular formula is C17H24N4. The van der Waals surface area contributed by atoms with Crippen molar-refractivity contribution in [3.8, 4) is 0 Å². The minimum absolute atomic E-state index is 0.526. The summed E-state index contributed by atoms with van der Waals surface area (Å²) in [6.07, 6.45) is 6.43. The van der Waals surface area contributed by atoms with Crippen molar-refractivity contribution in [2.24, 2.45) is 5.92 Å². The highest BCUT2D eigenvalue weighted by atomic mass is 15.1. The fourth-order valence-corrected chi connectivity index (χ4v) is 3.12. The van der Waals surface area contributed by atoms with Crippen molar-refractivity contribution in [3.05, 3.63) is 24.3 Å². The van der Waals surface area contributed by atoms with E-state index in [2.05, 4.69) is 33.6 Å². The molecule has 1 heterocycles. The fraction of sp³-hybridized carbons (Fsp3) is 0.529. The van der Waals surface area contributed by atoms with Gasteiger partial charge in [0.1, 0.15) is 5.82 Å². The number of aromatic nitrogens is 2. The third kappa shape index (κ3) is 3.26. The molecule has 4 heteroatoms. The highest BCUT2D eigenvalue weighted by Crippen LogP contribution is 2.27. The molecule has 2 atom stereocenters. The van der Waals surface area contributed by atoms with Crippen LogP contribution in [0.2, 0.25) is 0 Å². The van der Waals surface area contributed by atoms with E-state index in [4.69, 9.17) is 0 Å². The molecule has 21 heavy (non-hydrogen) atoms. The molecule has 1 saturated carbocycles. The van der Waals surface area contributed by atoms with Crippen molar-refractivity contribution in [2.75, 3.05) is 17.7 Å². The number of benzene rings is 1. The molecule has 3 rings (SSSR count). The molecule has 0 spiro atoms. The molecule has 0 saturated heterocycles. The molecule has 0 bridgehead atoms. The summed E-state index contributed by atoms with van der Waals surface area (Å²) in [5, 5.41) is 7.83. The topological polar surface area (TPSA) is 49.8 Å². The first-order valence-electron chi connectivity index (χ1n) is 7.97. The van der Waals surface area contributed by atoms with Crippen LogP contribution in [0.3, 0.4) is 0 Å². The van der Waals surface area contributed by atoms with E-state index in [0.717, 1.165) is 22.6 Å². The van der Waals surface area contributed by atoms with Gasteiger partial charge < -0.3 is 10.6 Å². The normalized spacial score (nSPS) is 22.8. The molecule has 1 aromatic heterocycles. The predicted octanol–water partition coefficient (Wildman–Crippen LogP) is 4.05. The van der Waals surface area contributed by atoms with Crippen molar-refractivity contribution in [3.63, 3.8) is 0 Å². The summed E-state index contributed by atoms with van der Waals surface area (Å²) in [6.45, 7) is 2.36. The van der Waals surface area contributed by atoms with Gasteiger partial charge in [0.2, 0.25) is 5.95 Å². The van der Waals surface area contributed by atoms with E-state index in [0.29, 0.717) is 12.0 Å². The van der Waals surface area contributed by atoms with E-state index in [1.54, 1.807) is 0 Å². The van der Waals surface area contributed by atoms with Crippen LogP contribution in [-0.4, -0.2) is 23.1 Å². The van der Waals surface area contributed by atoms with Crippen LogP contribution in [-0.2, 0) is 0 Å². The summed E-state index contributed by atoms with van der Waals surface area (Å²) in [6, 6.07) is 8.73. The second-order valence-electron chi connectivity index (χ2n) is 6.12. The third-order valence-electron chi connectivity index (χ3n) is 4.43. The lowest BCUT2D eigenvalue weighted by molar-refractivity contribution is 0.502. The van der Waals surface area contributed by atoms with Crippen LogP contribution in [0.25, 0.3) is 10.9 Å². The number of nitrogens with one attached hydrogen (secondary N) is 2. The van der Waals surface area contributed by atoms with E-state index in [1.165, 1.54) is 32.1 Å². The van der Waals surface area contributed by atoms with Gasteiger partial charge in [-0.3, -0.25) is 0 Å². The Kier molecular flexibility index (Phi) is 4.23. The van der Waals surface area contributed by atoms with E-state index < -0.39 is 0 Å². The lowest BCUT2D eigenvalue weighted by atomic mass is 10.0. The molecule has 0 amide bonds. The third-order valence-corrected chi connectivity index (χ3v) is 4.43. The quantitative estimate of drug-likeness (QED) is 0.835. The van der Waals surface area contributed by atoms with Crippen molar-refractivity contribution in [2.45, 2.75) is 45.1 Å². The second kappa shape index (κ2) is 6.29. The van der Waals surface area contributed by atoms with Gasteiger partial charge in [0.05, 0.1) is 5.52 Å². The van der Waals surface area contributed by atoms with Gasteiger partial charge >= 0.3 is 0 Å². The molecule has 2 N–H and O–H groups in total. The average Bonchev–Trinajstić information content (AvgIpc) is 2.72. The SMILES string of the molecule is CNc1nc(NC2CCCC(C)CC2)c2ccccc2n1. The molecule has 2 aromatic rings. The predicted molar refractivity (Wildman–Crippen MR) is 88.7 cm³/mol. The number of hydrogen-bond acceptors (Lipinski definition) is 4. The number of fused-ring (bicyclic) bond motifs is 1. The van der Waals surface area contributed by atoms with Gasteiger partial charge in [-0.25, -0.2) is 4.98 Å². The van der Waals surface area contributed by atoms with Gasteiger partial charge in [-0.1, -0.05) is 31.9 Å². The first-order chi connectivity index (χ1) is 10.3. The average molecular weight is 284 g/mol. The summed E-state index contributed by atoms with van der Waals surface area (Å²) in [7, 11) is 1.86. The van der Waals surface area contributed by atoms with Gasteiger partial charge in [-0.15, -0.1) is 0 Å². The second-order valence-corrected chi connectivity index (χ2v) is 6.12. The monoisotopic (exact) mass is 284 g/mol. The van der Waals surface area contributed by atoms with Gasteiger partial charge in [0, 0.05) is 18.5 Å². The smallest absolute Gasteiger partial charge is 0.224 e. The molecule has 112 valence electrons. The molecular weight excluding hydrogens is 260 g/mol. The van der Waals surface area contributed by atoms with Gasteiger partial charge in [0.25, 0.3) is 0 Å². The highest BCUT2D eigenvalue weighted by Gasteiger charge is 2.17. The van der Waals surface area contributed by atoms with E-state index in [-0.39, 0.29) is 0 Å². The van der Waals surface area contributed by atoms with Crippen molar-refractivity contribution >= 4 is 22.7 Å². The van der Waals surface area contributed by atoms with Gasteiger partial charge in [0.15, 0.2) is 0 Å². The largest absolute Gasteiger partial charge is 0.367 e. The molecule has 1 aliphatic carbocycles. The van der Waals surface area contributed by atoms with Crippen molar-refractivity contribution < 1.29 is 0 Å². The molecule has 2 unspecified atom stereocenters. The Morgan fingerprint density at radius 2 is 1.90 bits per heavy atom. The maximum atomic E-state index is 4.63. The van der Waals surface area contributed by atoms with Crippen molar-refractivity contribution in [1.29, 1.82) is 0 Å². The van der Waals surface area contributed by atoms with Crippen LogP contribution < -0.4 is 10.6 Å². The summed E-state index contributed by atoms with van der Waals surface area (Å²) in [4.78, 5) is 9.15. The lowest BCUT2D eigenvalue weighted by Gasteiger charge is -2.19. The number of anilines is 2. The van der Waals surface area contributed by atoms with Crippen LogP contribution in [0.5, 0.6) is 0 Å². The number of rotatable bonds is 3. The van der Waals surface area contributed by atoms with Crippen molar-refractivity contribution in [1.82, 2.24) is 9.97 Å². The first kappa shape index (κ1) is 14.1. The number of nitrogens with zero attached hydrogens (tertiary/aromatic N) is 2.